The Balaban J connectivity index is 1.55. The number of carbonyl (C=O) groups is 1. The van der Waals surface area contributed by atoms with Crippen molar-refractivity contribution in [3.05, 3.63) is 111 Å². The van der Waals surface area contributed by atoms with E-state index in [0.717, 1.165) is 30.5 Å². The highest BCUT2D eigenvalue weighted by atomic mass is 127. The third kappa shape index (κ3) is 5.99. The SMILES string of the molecule is Cc1ccc(-n2c(C)cc(/C=N\NC(=O)CN(c3ccc(I)cc3)S(=O)(=O)c3ccccc3)c2C)c(C)c1. The normalized spacial score (nSPS) is 11.6. The van der Waals surface area contributed by atoms with E-state index in [1.165, 1.54) is 23.3 Å². The van der Waals surface area contributed by atoms with E-state index in [2.05, 4.69) is 69.7 Å². The van der Waals surface area contributed by atoms with Gasteiger partial charge in [0.15, 0.2) is 0 Å². The molecule has 1 aromatic heterocycles. The van der Waals surface area contributed by atoms with Crippen LogP contribution in [0.25, 0.3) is 5.69 Å². The summed E-state index contributed by atoms with van der Waals surface area (Å²) in [6.45, 7) is 7.75. The van der Waals surface area contributed by atoms with Crippen LogP contribution in [0.15, 0.2) is 88.9 Å². The van der Waals surface area contributed by atoms with Crippen LogP contribution in [0.4, 0.5) is 5.69 Å². The molecule has 0 saturated heterocycles. The molecule has 3 aromatic carbocycles. The smallest absolute Gasteiger partial charge is 0.264 e. The van der Waals surface area contributed by atoms with Crippen LogP contribution in [-0.4, -0.2) is 31.7 Å². The number of hydrogen-bond acceptors (Lipinski definition) is 4. The molecule has 0 radical (unpaired) electrons. The van der Waals surface area contributed by atoms with Crippen molar-refractivity contribution >= 4 is 50.4 Å². The lowest BCUT2D eigenvalue weighted by atomic mass is 10.1. The summed E-state index contributed by atoms with van der Waals surface area (Å²) in [5, 5.41) is 4.14. The Morgan fingerprint density at radius 2 is 1.66 bits per heavy atom. The van der Waals surface area contributed by atoms with E-state index >= 15 is 0 Å². The summed E-state index contributed by atoms with van der Waals surface area (Å²) in [6, 6.07) is 23.3. The molecule has 4 aromatic rings. The summed E-state index contributed by atoms with van der Waals surface area (Å²) in [7, 11) is -3.97. The molecule has 1 N–H and O–H groups in total. The summed E-state index contributed by atoms with van der Waals surface area (Å²) in [4.78, 5) is 13.0. The Morgan fingerprint density at radius 1 is 0.974 bits per heavy atom. The second-order valence-electron chi connectivity index (χ2n) is 9.05. The predicted molar refractivity (Wildman–Crippen MR) is 161 cm³/mol. The van der Waals surface area contributed by atoms with Crippen molar-refractivity contribution in [3.63, 3.8) is 0 Å². The van der Waals surface area contributed by atoms with Gasteiger partial charge in [-0.25, -0.2) is 13.8 Å². The van der Waals surface area contributed by atoms with Gasteiger partial charge in [0.2, 0.25) is 0 Å². The lowest BCUT2D eigenvalue weighted by Gasteiger charge is -2.23. The Morgan fingerprint density at radius 3 is 2.32 bits per heavy atom. The molecule has 4 rings (SSSR count). The molecule has 1 amide bonds. The van der Waals surface area contributed by atoms with Crippen molar-refractivity contribution in [1.29, 1.82) is 0 Å². The molecule has 0 spiro atoms. The standard InChI is InChI=1S/C29H29IN4O3S/c1-20-10-15-28(21(2)16-20)34-22(3)17-24(23(34)4)18-31-32-29(35)19-33(26-13-11-25(30)12-14-26)38(36,37)27-8-6-5-7-9-27/h5-18H,19H2,1-4H3,(H,32,35)/b31-18-. The number of aromatic nitrogens is 1. The predicted octanol–water partition coefficient (Wildman–Crippen LogP) is 5.66. The third-order valence-corrected chi connectivity index (χ3v) is 8.70. The monoisotopic (exact) mass is 640 g/mol. The molecule has 0 aliphatic heterocycles. The number of hydrogen-bond donors (Lipinski definition) is 1. The van der Waals surface area contributed by atoms with Crippen LogP contribution in [0.5, 0.6) is 0 Å². The quantitative estimate of drug-likeness (QED) is 0.153. The van der Waals surface area contributed by atoms with Gasteiger partial charge in [0.1, 0.15) is 6.54 Å². The number of nitrogens with zero attached hydrogens (tertiary/aromatic N) is 3. The number of benzene rings is 3. The van der Waals surface area contributed by atoms with Gasteiger partial charge in [-0.3, -0.25) is 9.10 Å². The van der Waals surface area contributed by atoms with Crippen LogP contribution in [0.2, 0.25) is 0 Å². The number of nitrogens with one attached hydrogen (secondary N) is 1. The van der Waals surface area contributed by atoms with Crippen LogP contribution in [0.3, 0.4) is 0 Å². The first-order chi connectivity index (χ1) is 18.1. The second kappa shape index (κ2) is 11.5. The van der Waals surface area contributed by atoms with Gasteiger partial charge in [-0.1, -0.05) is 35.9 Å². The highest BCUT2D eigenvalue weighted by Gasteiger charge is 2.27. The van der Waals surface area contributed by atoms with E-state index in [-0.39, 0.29) is 4.90 Å². The highest BCUT2D eigenvalue weighted by Crippen LogP contribution is 2.25. The maximum absolute atomic E-state index is 13.4. The number of carbonyl (C=O) groups excluding carboxylic acids is 1. The van der Waals surface area contributed by atoms with Gasteiger partial charge >= 0.3 is 0 Å². The van der Waals surface area contributed by atoms with Gasteiger partial charge in [-0.2, -0.15) is 5.10 Å². The van der Waals surface area contributed by atoms with Crippen LogP contribution >= 0.6 is 22.6 Å². The lowest BCUT2D eigenvalue weighted by molar-refractivity contribution is -0.119. The molecule has 0 aliphatic rings. The second-order valence-corrected chi connectivity index (χ2v) is 12.2. The first kappa shape index (κ1) is 27.6. The van der Waals surface area contributed by atoms with E-state index in [1.54, 1.807) is 48.7 Å². The number of rotatable bonds is 8. The van der Waals surface area contributed by atoms with Crippen molar-refractivity contribution in [1.82, 2.24) is 9.99 Å². The van der Waals surface area contributed by atoms with Crippen LogP contribution in [-0.2, 0) is 14.8 Å². The number of amides is 1. The van der Waals surface area contributed by atoms with Gasteiger partial charge in [0.05, 0.1) is 16.8 Å². The minimum Gasteiger partial charge on any atom is -0.318 e. The fourth-order valence-electron chi connectivity index (χ4n) is 4.33. The number of aryl methyl sites for hydroxylation is 3. The summed E-state index contributed by atoms with van der Waals surface area (Å²) >= 11 is 2.15. The van der Waals surface area contributed by atoms with Gasteiger partial charge < -0.3 is 4.57 Å². The average molecular weight is 641 g/mol. The zero-order valence-corrected chi connectivity index (χ0v) is 24.6. The van der Waals surface area contributed by atoms with Crippen molar-refractivity contribution in [2.24, 2.45) is 5.10 Å². The summed E-state index contributed by atoms with van der Waals surface area (Å²) in [5.41, 5.74) is 9.23. The van der Waals surface area contributed by atoms with Crippen molar-refractivity contribution in [2.45, 2.75) is 32.6 Å². The lowest BCUT2D eigenvalue weighted by Crippen LogP contribution is -2.39. The molecule has 9 heteroatoms. The molecule has 0 fully saturated rings. The van der Waals surface area contributed by atoms with Crippen molar-refractivity contribution in [3.8, 4) is 5.69 Å². The van der Waals surface area contributed by atoms with Crippen LogP contribution in [0.1, 0.15) is 28.1 Å². The average Bonchev–Trinajstić information content (AvgIpc) is 3.16. The van der Waals surface area contributed by atoms with Crippen LogP contribution in [0, 0.1) is 31.3 Å². The number of hydrazone groups is 1. The minimum absolute atomic E-state index is 0.105. The van der Waals surface area contributed by atoms with Gasteiger partial charge in [-0.05, 0) is 104 Å². The zero-order chi connectivity index (χ0) is 27.4. The summed E-state index contributed by atoms with van der Waals surface area (Å²) < 4.78 is 31.0. The molecule has 196 valence electrons. The zero-order valence-electron chi connectivity index (χ0n) is 21.6. The molecule has 0 aliphatic carbocycles. The number of halogens is 1. The molecule has 38 heavy (non-hydrogen) atoms. The molecule has 0 saturated carbocycles. The van der Waals surface area contributed by atoms with E-state index < -0.39 is 22.5 Å². The Bertz CT molecular complexity index is 1600. The Hall–Kier alpha value is -3.44. The summed E-state index contributed by atoms with van der Waals surface area (Å²) in [6.07, 6.45) is 1.58. The topological polar surface area (TPSA) is 83.8 Å². The molecule has 7 nitrogen and oxygen atoms in total. The highest BCUT2D eigenvalue weighted by molar-refractivity contribution is 14.1. The Labute approximate surface area is 237 Å². The molecule has 1 heterocycles. The molecule has 0 bridgehead atoms. The van der Waals surface area contributed by atoms with Crippen LogP contribution < -0.4 is 9.73 Å². The maximum atomic E-state index is 13.4. The van der Waals surface area contributed by atoms with E-state index in [9.17, 15) is 13.2 Å². The Kier molecular flexibility index (Phi) is 8.37. The van der Waals surface area contributed by atoms with Gasteiger partial charge in [0, 0.05) is 26.2 Å². The largest absolute Gasteiger partial charge is 0.318 e. The van der Waals surface area contributed by atoms with Gasteiger partial charge in [-0.15, -0.1) is 0 Å². The summed E-state index contributed by atoms with van der Waals surface area (Å²) in [5.74, 6) is -0.553. The minimum atomic E-state index is -3.97. The fourth-order valence-corrected chi connectivity index (χ4v) is 6.13. The fraction of sp³-hybridized carbons (Fsp3) is 0.172. The maximum Gasteiger partial charge on any atom is 0.264 e. The molecular weight excluding hydrogens is 611 g/mol. The first-order valence-electron chi connectivity index (χ1n) is 12.0. The van der Waals surface area contributed by atoms with E-state index in [4.69, 9.17) is 0 Å². The van der Waals surface area contributed by atoms with Gasteiger partial charge in [0.25, 0.3) is 15.9 Å². The molecule has 0 unspecified atom stereocenters. The third-order valence-electron chi connectivity index (χ3n) is 6.19. The van der Waals surface area contributed by atoms with E-state index in [0.29, 0.717) is 5.69 Å². The molecule has 0 atom stereocenters. The first-order valence-corrected chi connectivity index (χ1v) is 14.5. The number of anilines is 1. The number of sulfonamides is 1. The van der Waals surface area contributed by atoms with Crippen molar-refractivity contribution < 1.29 is 13.2 Å². The van der Waals surface area contributed by atoms with Crippen molar-refractivity contribution in [2.75, 3.05) is 10.8 Å². The van der Waals surface area contributed by atoms with E-state index in [1.807, 2.05) is 19.9 Å². The molecular formula is C29H29IN4O3S.